The van der Waals surface area contributed by atoms with Gasteiger partial charge in [0.1, 0.15) is 0 Å². The van der Waals surface area contributed by atoms with Gasteiger partial charge in [-0.25, -0.2) is 4.79 Å². The van der Waals surface area contributed by atoms with Crippen molar-refractivity contribution in [2.24, 2.45) is 17.6 Å². The average molecular weight is 270 g/mol. The molecule has 3 amide bonds. The fraction of sp³-hybridized carbons (Fsp3) is 0.846. The Bertz CT molecular complexity index is 299. The Labute approximate surface area is 115 Å². The summed E-state index contributed by atoms with van der Waals surface area (Å²) in [6.07, 6.45) is 3.95. The van der Waals surface area contributed by atoms with Gasteiger partial charge >= 0.3 is 6.03 Å². The summed E-state index contributed by atoms with van der Waals surface area (Å²) in [5.74, 6) is 0.811. The molecule has 1 saturated carbocycles. The minimum Gasteiger partial charge on any atom is -0.354 e. The molecule has 1 rings (SSSR count). The van der Waals surface area contributed by atoms with Crippen molar-refractivity contribution in [1.29, 1.82) is 0 Å². The maximum absolute atomic E-state index is 11.9. The molecule has 0 saturated heterocycles. The fourth-order valence-corrected chi connectivity index (χ4v) is 2.32. The Morgan fingerprint density at radius 1 is 1.11 bits per heavy atom. The van der Waals surface area contributed by atoms with Crippen LogP contribution in [0.1, 0.15) is 25.7 Å². The van der Waals surface area contributed by atoms with Crippen molar-refractivity contribution in [3.63, 3.8) is 0 Å². The third-order valence-corrected chi connectivity index (χ3v) is 3.66. The number of hydrogen-bond donors (Lipinski definition) is 3. The molecule has 0 aliphatic heterocycles. The van der Waals surface area contributed by atoms with Gasteiger partial charge in [-0.1, -0.05) is 0 Å². The number of hydrogen-bond acceptors (Lipinski definition) is 3. The van der Waals surface area contributed by atoms with Crippen LogP contribution < -0.4 is 16.4 Å². The molecule has 110 valence electrons. The summed E-state index contributed by atoms with van der Waals surface area (Å²) in [5, 5.41) is 5.59. The second-order valence-corrected chi connectivity index (χ2v) is 5.37. The molecule has 0 aromatic heterocycles. The Morgan fingerprint density at radius 2 is 1.68 bits per heavy atom. The molecule has 0 radical (unpaired) electrons. The maximum Gasteiger partial charge on any atom is 0.316 e. The predicted octanol–water partition coefficient (Wildman–Crippen LogP) is 0.139. The number of nitrogens with one attached hydrogen (secondary N) is 2. The van der Waals surface area contributed by atoms with Crippen molar-refractivity contribution >= 4 is 11.9 Å². The number of amides is 3. The monoisotopic (exact) mass is 270 g/mol. The van der Waals surface area contributed by atoms with E-state index in [2.05, 4.69) is 10.6 Å². The Kier molecular flexibility index (Phi) is 6.62. The van der Waals surface area contributed by atoms with Crippen LogP contribution in [0.2, 0.25) is 0 Å². The lowest BCUT2D eigenvalue weighted by atomic mass is 9.81. The molecular weight excluding hydrogens is 244 g/mol. The molecule has 0 aromatic carbocycles. The van der Waals surface area contributed by atoms with Crippen LogP contribution in [0.5, 0.6) is 0 Å². The first-order chi connectivity index (χ1) is 9.04. The van der Waals surface area contributed by atoms with Crippen molar-refractivity contribution < 1.29 is 9.59 Å². The zero-order valence-electron chi connectivity index (χ0n) is 11.9. The van der Waals surface area contributed by atoms with E-state index < -0.39 is 0 Å². The van der Waals surface area contributed by atoms with Crippen LogP contribution in [0.4, 0.5) is 4.79 Å². The highest BCUT2D eigenvalue weighted by Gasteiger charge is 2.25. The van der Waals surface area contributed by atoms with E-state index in [0.29, 0.717) is 19.0 Å². The molecule has 6 nitrogen and oxygen atoms in total. The lowest BCUT2D eigenvalue weighted by Gasteiger charge is -2.26. The summed E-state index contributed by atoms with van der Waals surface area (Å²) in [6.45, 7) is 1.67. The third kappa shape index (κ3) is 5.46. The van der Waals surface area contributed by atoms with Crippen LogP contribution in [-0.4, -0.2) is 50.6 Å². The third-order valence-electron chi connectivity index (χ3n) is 3.66. The van der Waals surface area contributed by atoms with E-state index in [4.69, 9.17) is 5.73 Å². The van der Waals surface area contributed by atoms with E-state index >= 15 is 0 Å². The van der Waals surface area contributed by atoms with Crippen molar-refractivity contribution in [3.8, 4) is 0 Å². The molecule has 4 N–H and O–H groups in total. The Hall–Kier alpha value is -1.30. The lowest BCUT2D eigenvalue weighted by Crippen LogP contribution is -2.41. The van der Waals surface area contributed by atoms with Crippen LogP contribution in [0, 0.1) is 11.8 Å². The highest BCUT2D eigenvalue weighted by molar-refractivity contribution is 5.78. The second-order valence-electron chi connectivity index (χ2n) is 5.37. The van der Waals surface area contributed by atoms with Gasteiger partial charge in [-0.05, 0) is 38.1 Å². The largest absolute Gasteiger partial charge is 0.354 e. The maximum atomic E-state index is 11.9. The number of nitrogens with zero attached hydrogens (tertiary/aromatic N) is 1. The number of carbonyl (C=O) groups is 2. The van der Waals surface area contributed by atoms with Gasteiger partial charge in [0.15, 0.2) is 0 Å². The molecule has 0 spiro atoms. The van der Waals surface area contributed by atoms with Crippen LogP contribution >= 0.6 is 0 Å². The van der Waals surface area contributed by atoms with Gasteiger partial charge in [0.2, 0.25) is 5.91 Å². The summed E-state index contributed by atoms with van der Waals surface area (Å²) in [6, 6.07) is -0.141. The zero-order chi connectivity index (χ0) is 14.3. The van der Waals surface area contributed by atoms with Crippen LogP contribution in [0.25, 0.3) is 0 Å². The summed E-state index contributed by atoms with van der Waals surface area (Å²) in [7, 11) is 3.37. The number of rotatable bonds is 5. The van der Waals surface area contributed by atoms with Gasteiger partial charge < -0.3 is 21.3 Å². The summed E-state index contributed by atoms with van der Waals surface area (Å²) in [4.78, 5) is 24.6. The standard InChI is InChI=1S/C13H26N4O2/c1-17(2)13(19)16-8-7-15-12(18)11-5-3-10(9-14)4-6-11/h10-11H,3-9,14H2,1-2H3,(H,15,18)(H,16,19). The molecule has 0 bridgehead atoms. The molecule has 19 heavy (non-hydrogen) atoms. The summed E-state index contributed by atoms with van der Waals surface area (Å²) in [5.41, 5.74) is 5.63. The first-order valence-electron chi connectivity index (χ1n) is 6.97. The Balaban J connectivity index is 2.13. The normalized spacial score (nSPS) is 22.7. The smallest absolute Gasteiger partial charge is 0.316 e. The first-order valence-corrected chi connectivity index (χ1v) is 6.97. The fourth-order valence-electron chi connectivity index (χ4n) is 2.32. The average Bonchev–Trinajstić information content (AvgIpc) is 2.43. The molecule has 1 aliphatic rings. The van der Waals surface area contributed by atoms with Crippen molar-refractivity contribution in [1.82, 2.24) is 15.5 Å². The van der Waals surface area contributed by atoms with Gasteiger partial charge in [0.05, 0.1) is 0 Å². The highest BCUT2D eigenvalue weighted by atomic mass is 16.2. The molecule has 6 heteroatoms. The van der Waals surface area contributed by atoms with E-state index in [1.165, 1.54) is 4.90 Å². The number of nitrogens with two attached hydrogens (primary N) is 1. The van der Waals surface area contributed by atoms with Gasteiger partial charge in [-0.15, -0.1) is 0 Å². The first kappa shape index (κ1) is 15.8. The molecular formula is C13H26N4O2. The molecule has 0 heterocycles. The quantitative estimate of drug-likeness (QED) is 0.621. The van der Waals surface area contributed by atoms with E-state index in [1.54, 1.807) is 14.1 Å². The molecule has 0 atom stereocenters. The SMILES string of the molecule is CN(C)C(=O)NCCNC(=O)C1CCC(CN)CC1. The van der Waals surface area contributed by atoms with Crippen molar-refractivity contribution in [2.45, 2.75) is 25.7 Å². The van der Waals surface area contributed by atoms with Gasteiger partial charge in [0, 0.05) is 33.1 Å². The van der Waals surface area contributed by atoms with Crippen LogP contribution in [0.3, 0.4) is 0 Å². The van der Waals surface area contributed by atoms with Gasteiger partial charge in [-0.2, -0.15) is 0 Å². The summed E-state index contributed by atoms with van der Waals surface area (Å²) < 4.78 is 0. The molecule has 0 unspecified atom stereocenters. The molecule has 1 fully saturated rings. The zero-order valence-corrected chi connectivity index (χ0v) is 11.9. The van der Waals surface area contributed by atoms with Crippen LogP contribution in [-0.2, 0) is 4.79 Å². The molecule has 1 aliphatic carbocycles. The Morgan fingerprint density at radius 3 is 2.21 bits per heavy atom. The highest BCUT2D eigenvalue weighted by Crippen LogP contribution is 2.27. The summed E-state index contributed by atoms with van der Waals surface area (Å²) >= 11 is 0. The minimum absolute atomic E-state index is 0.106. The lowest BCUT2D eigenvalue weighted by molar-refractivity contribution is -0.126. The predicted molar refractivity (Wildman–Crippen MR) is 74.6 cm³/mol. The second kappa shape index (κ2) is 7.99. The van der Waals surface area contributed by atoms with Crippen LogP contribution in [0.15, 0.2) is 0 Å². The number of carbonyl (C=O) groups excluding carboxylic acids is 2. The minimum atomic E-state index is -0.141. The molecule has 0 aromatic rings. The topological polar surface area (TPSA) is 87.5 Å². The van der Waals surface area contributed by atoms with Gasteiger partial charge in [-0.3, -0.25) is 4.79 Å². The van der Waals surface area contributed by atoms with E-state index in [-0.39, 0.29) is 17.9 Å². The van der Waals surface area contributed by atoms with E-state index in [9.17, 15) is 9.59 Å². The van der Waals surface area contributed by atoms with Gasteiger partial charge in [0.25, 0.3) is 0 Å². The van der Waals surface area contributed by atoms with E-state index in [1.807, 2.05) is 0 Å². The van der Waals surface area contributed by atoms with Crippen molar-refractivity contribution in [3.05, 3.63) is 0 Å². The van der Waals surface area contributed by atoms with E-state index in [0.717, 1.165) is 32.2 Å². The number of urea groups is 1. The van der Waals surface area contributed by atoms with Crippen molar-refractivity contribution in [2.75, 3.05) is 33.7 Å².